The summed E-state index contributed by atoms with van der Waals surface area (Å²) in [5, 5.41) is 36.6. The molecule has 0 saturated heterocycles. The molecule has 0 amide bonds. The third kappa shape index (κ3) is 3.04. The van der Waals surface area contributed by atoms with Gasteiger partial charge in [-0.25, -0.2) is 19.2 Å². The van der Waals surface area contributed by atoms with E-state index >= 15 is 0 Å². The van der Waals surface area contributed by atoms with Crippen molar-refractivity contribution in [2.45, 2.75) is 0 Å². The zero-order chi connectivity index (χ0) is 16.6. The average molecular weight is 327 g/mol. The molecule has 4 N–H and O–H groups in total. The standard InChI is InChI=1S/C14H8O8.Na/c15-11(16)7-5-3-1-2-4-6(5)8(12(17)18)10(14(21)22)9(7)13(19)20;/h1-4H,(H,15,16)(H,17,18)(H,19,20)(H,21,22);. The zero-order valence-electron chi connectivity index (χ0n) is 11.7. The molecular weight excluding hydrogens is 319 g/mol. The first kappa shape index (κ1) is 18.6. The van der Waals surface area contributed by atoms with Crippen LogP contribution in [0.5, 0.6) is 0 Å². The fourth-order valence-electron chi connectivity index (χ4n) is 2.31. The van der Waals surface area contributed by atoms with E-state index in [1.165, 1.54) is 24.3 Å². The quantitative estimate of drug-likeness (QED) is 0.613. The van der Waals surface area contributed by atoms with E-state index in [-0.39, 0.29) is 40.3 Å². The van der Waals surface area contributed by atoms with Crippen molar-refractivity contribution in [2.24, 2.45) is 0 Å². The summed E-state index contributed by atoms with van der Waals surface area (Å²) < 4.78 is 0. The molecular formula is C14H8NaO8. The van der Waals surface area contributed by atoms with E-state index in [2.05, 4.69) is 0 Å². The van der Waals surface area contributed by atoms with Crippen LogP contribution in [0.25, 0.3) is 10.8 Å². The molecule has 0 aromatic heterocycles. The molecule has 9 heteroatoms. The monoisotopic (exact) mass is 327 g/mol. The molecule has 8 nitrogen and oxygen atoms in total. The van der Waals surface area contributed by atoms with E-state index in [0.717, 1.165) is 0 Å². The van der Waals surface area contributed by atoms with Crippen molar-refractivity contribution in [3.63, 3.8) is 0 Å². The summed E-state index contributed by atoms with van der Waals surface area (Å²) in [6.45, 7) is 0. The van der Waals surface area contributed by atoms with E-state index < -0.39 is 46.1 Å². The number of fused-ring (bicyclic) bond motifs is 1. The van der Waals surface area contributed by atoms with Gasteiger partial charge in [-0.05, 0) is 10.8 Å². The number of aromatic carboxylic acids is 4. The van der Waals surface area contributed by atoms with Gasteiger partial charge in [0.2, 0.25) is 0 Å². The summed E-state index contributed by atoms with van der Waals surface area (Å²) in [7, 11) is 0. The Morgan fingerprint density at radius 1 is 0.565 bits per heavy atom. The third-order valence-electron chi connectivity index (χ3n) is 3.07. The second-order valence-electron chi connectivity index (χ2n) is 4.27. The van der Waals surface area contributed by atoms with E-state index in [1.54, 1.807) is 0 Å². The van der Waals surface area contributed by atoms with Crippen LogP contribution >= 0.6 is 0 Å². The molecule has 0 unspecified atom stereocenters. The number of carbonyl (C=O) groups is 4. The van der Waals surface area contributed by atoms with E-state index in [0.29, 0.717) is 0 Å². The second-order valence-corrected chi connectivity index (χ2v) is 4.27. The Labute approximate surface area is 150 Å². The number of hydrogen-bond acceptors (Lipinski definition) is 4. The number of rotatable bonds is 4. The molecule has 1 radical (unpaired) electrons. The van der Waals surface area contributed by atoms with Crippen LogP contribution in [0.1, 0.15) is 41.4 Å². The van der Waals surface area contributed by atoms with Gasteiger partial charge in [0, 0.05) is 29.6 Å². The normalized spacial score (nSPS) is 9.91. The van der Waals surface area contributed by atoms with Gasteiger partial charge < -0.3 is 20.4 Å². The molecule has 0 heterocycles. The van der Waals surface area contributed by atoms with Crippen LogP contribution in [0.15, 0.2) is 24.3 Å². The average Bonchev–Trinajstić information content (AvgIpc) is 2.43. The SMILES string of the molecule is O=C(O)c1c(C(=O)O)c(C(=O)O)c2ccccc2c1C(=O)O.[Na]. The van der Waals surface area contributed by atoms with E-state index in [1.807, 2.05) is 0 Å². The van der Waals surface area contributed by atoms with Gasteiger partial charge >= 0.3 is 23.9 Å². The number of carboxylic acid groups (broad SMARTS) is 4. The maximum atomic E-state index is 11.4. The smallest absolute Gasteiger partial charge is 0.337 e. The molecule has 0 aliphatic carbocycles. The molecule has 2 aromatic rings. The maximum Gasteiger partial charge on any atom is 0.337 e. The first-order chi connectivity index (χ1) is 10.3. The summed E-state index contributed by atoms with van der Waals surface area (Å²) in [6, 6.07) is 5.24. The Bertz CT molecular complexity index is 785. The van der Waals surface area contributed by atoms with E-state index in [4.69, 9.17) is 0 Å². The molecule has 2 aromatic carbocycles. The molecule has 0 saturated carbocycles. The van der Waals surface area contributed by atoms with Gasteiger partial charge in [0.15, 0.2) is 0 Å². The van der Waals surface area contributed by atoms with Crippen LogP contribution < -0.4 is 0 Å². The van der Waals surface area contributed by atoms with Gasteiger partial charge in [0.25, 0.3) is 0 Å². The van der Waals surface area contributed by atoms with Crippen molar-refractivity contribution < 1.29 is 39.6 Å². The van der Waals surface area contributed by atoms with Crippen LogP contribution in [-0.2, 0) is 0 Å². The van der Waals surface area contributed by atoms with Gasteiger partial charge in [-0.15, -0.1) is 0 Å². The Balaban J connectivity index is 0.00000264. The Morgan fingerprint density at radius 3 is 1.04 bits per heavy atom. The van der Waals surface area contributed by atoms with Crippen molar-refractivity contribution in [2.75, 3.05) is 0 Å². The first-order valence-corrected chi connectivity index (χ1v) is 5.79. The van der Waals surface area contributed by atoms with Crippen molar-refractivity contribution in [3.8, 4) is 0 Å². The van der Waals surface area contributed by atoms with Gasteiger partial charge in [0.1, 0.15) is 0 Å². The van der Waals surface area contributed by atoms with Gasteiger partial charge in [-0.3, -0.25) is 0 Å². The molecule has 0 spiro atoms. The fraction of sp³-hybridized carbons (Fsp3) is 0. The van der Waals surface area contributed by atoms with Crippen molar-refractivity contribution in [1.82, 2.24) is 0 Å². The molecule has 0 aliphatic heterocycles. The first-order valence-electron chi connectivity index (χ1n) is 5.79. The zero-order valence-corrected chi connectivity index (χ0v) is 13.7. The summed E-state index contributed by atoms with van der Waals surface area (Å²) in [5.74, 6) is -6.98. The van der Waals surface area contributed by atoms with Crippen molar-refractivity contribution in [1.29, 1.82) is 0 Å². The molecule has 113 valence electrons. The summed E-state index contributed by atoms with van der Waals surface area (Å²) >= 11 is 0. The Hall–Kier alpha value is -2.42. The van der Waals surface area contributed by atoms with Gasteiger partial charge in [0.05, 0.1) is 22.3 Å². The molecule has 23 heavy (non-hydrogen) atoms. The van der Waals surface area contributed by atoms with Gasteiger partial charge in [-0.2, -0.15) is 0 Å². The minimum Gasteiger partial charge on any atom is -0.478 e. The molecule has 0 aliphatic rings. The topological polar surface area (TPSA) is 149 Å². The predicted molar refractivity (Wildman–Crippen MR) is 77.5 cm³/mol. The minimum atomic E-state index is -1.83. The van der Waals surface area contributed by atoms with Crippen LogP contribution in [0.4, 0.5) is 0 Å². The van der Waals surface area contributed by atoms with Gasteiger partial charge in [-0.1, -0.05) is 24.3 Å². The minimum absolute atomic E-state index is 0. The predicted octanol–water partition coefficient (Wildman–Crippen LogP) is 1.25. The van der Waals surface area contributed by atoms with Crippen molar-refractivity contribution >= 4 is 64.2 Å². The number of hydrogen-bond donors (Lipinski definition) is 4. The van der Waals surface area contributed by atoms with Crippen LogP contribution in [0.2, 0.25) is 0 Å². The van der Waals surface area contributed by atoms with Crippen molar-refractivity contribution in [3.05, 3.63) is 46.5 Å². The summed E-state index contributed by atoms with van der Waals surface area (Å²) in [4.78, 5) is 45.5. The van der Waals surface area contributed by atoms with E-state index in [9.17, 15) is 39.6 Å². The third-order valence-corrected chi connectivity index (χ3v) is 3.07. The van der Waals surface area contributed by atoms with Crippen LogP contribution in [0, 0.1) is 0 Å². The second kappa shape index (κ2) is 6.78. The maximum absolute atomic E-state index is 11.4. The Morgan fingerprint density at radius 2 is 0.826 bits per heavy atom. The molecule has 2 rings (SSSR count). The Kier molecular flexibility index (Phi) is 5.49. The summed E-state index contributed by atoms with van der Waals surface area (Å²) in [6.07, 6.45) is 0. The largest absolute Gasteiger partial charge is 0.478 e. The molecule has 0 atom stereocenters. The number of carboxylic acids is 4. The molecule has 0 bridgehead atoms. The number of benzene rings is 2. The summed E-state index contributed by atoms with van der Waals surface area (Å²) in [5.41, 5.74) is -3.64. The fourth-order valence-corrected chi connectivity index (χ4v) is 2.31. The van der Waals surface area contributed by atoms with Crippen LogP contribution in [-0.4, -0.2) is 73.9 Å². The van der Waals surface area contributed by atoms with Crippen LogP contribution in [0.3, 0.4) is 0 Å². The molecule has 0 fully saturated rings.